The minimum atomic E-state index is -0.975. The fourth-order valence-electron chi connectivity index (χ4n) is 4.19. The second-order valence-corrected chi connectivity index (χ2v) is 7.55. The number of hydrogen-bond donors (Lipinski definition) is 1. The Labute approximate surface area is 158 Å². The number of rotatable bonds is 5. The van der Waals surface area contributed by atoms with Crippen molar-refractivity contribution in [2.45, 2.75) is 37.1 Å². The number of amides is 2. The van der Waals surface area contributed by atoms with E-state index < -0.39 is 23.8 Å². The van der Waals surface area contributed by atoms with E-state index in [2.05, 4.69) is 5.32 Å². The van der Waals surface area contributed by atoms with Gasteiger partial charge in [-0.25, -0.2) is 4.39 Å². The average Bonchev–Trinajstić information content (AvgIpc) is 3.34. The van der Waals surface area contributed by atoms with E-state index in [4.69, 9.17) is 9.47 Å². The Morgan fingerprint density at radius 3 is 2.70 bits per heavy atom. The number of likely N-dealkylation sites (tertiary alicyclic amines) is 1. The number of benzene rings is 1. The first-order chi connectivity index (χ1) is 13.1. The zero-order valence-electron chi connectivity index (χ0n) is 15.4. The Hall–Kier alpha value is -1.99. The molecule has 1 aromatic carbocycles. The number of alkyl halides is 1. The monoisotopic (exact) mass is 376 g/mol. The highest BCUT2D eigenvalue weighted by molar-refractivity contribution is 5.84. The first-order valence-corrected chi connectivity index (χ1v) is 9.52. The summed E-state index contributed by atoms with van der Waals surface area (Å²) in [5, 5.41) is 2.85. The van der Waals surface area contributed by atoms with Crippen LogP contribution in [0.4, 0.5) is 4.39 Å². The lowest BCUT2D eigenvalue weighted by molar-refractivity contribution is -0.156. The minimum absolute atomic E-state index is 0.0857. The van der Waals surface area contributed by atoms with Crippen molar-refractivity contribution < 1.29 is 23.5 Å². The molecule has 2 heterocycles. The van der Waals surface area contributed by atoms with Crippen molar-refractivity contribution in [3.05, 3.63) is 35.4 Å². The molecule has 3 aliphatic rings. The maximum atomic E-state index is 13.2. The molecule has 6 nitrogen and oxygen atoms in total. The molecule has 1 aromatic rings. The minimum Gasteiger partial charge on any atom is -0.383 e. The first-order valence-electron chi connectivity index (χ1n) is 9.52. The van der Waals surface area contributed by atoms with E-state index in [0.717, 1.165) is 11.1 Å². The van der Waals surface area contributed by atoms with Crippen LogP contribution in [-0.2, 0) is 24.7 Å². The van der Waals surface area contributed by atoms with Crippen LogP contribution in [0.3, 0.4) is 0 Å². The summed E-state index contributed by atoms with van der Waals surface area (Å²) in [5.41, 5.74) is 1.35. The molecule has 1 unspecified atom stereocenters. The molecule has 1 aliphatic carbocycles. The van der Waals surface area contributed by atoms with E-state index >= 15 is 0 Å². The third kappa shape index (κ3) is 3.34. The maximum absolute atomic E-state index is 13.2. The Balaban J connectivity index is 1.47. The van der Waals surface area contributed by atoms with Crippen LogP contribution in [0.15, 0.2) is 24.3 Å². The zero-order chi connectivity index (χ0) is 19.0. The van der Waals surface area contributed by atoms with Gasteiger partial charge in [-0.2, -0.15) is 0 Å². The molecule has 2 aliphatic heterocycles. The van der Waals surface area contributed by atoms with Crippen molar-refractivity contribution in [3.63, 3.8) is 0 Å². The molecule has 2 amide bonds. The lowest BCUT2D eigenvalue weighted by Crippen LogP contribution is -2.46. The molecular formula is C20H25FN2O4. The SMILES string of the molecule is COCCNC(=O)C1OC2(CCN(C(=O)[C@@H]3C[C@H]3F)CC2)c2ccccc21. The summed E-state index contributed by atoms with van der Waals surface area (Å²) < 4.78 is 24.5. The van der Waals surface area contributed by atoms with Crippen LogP contribution in [0.25, 0.3) is 0 Å². The first kappa shape index (κ1) is 18.4. The largest absolute Gasteiger partial charge is 0.383 e. The van der Waals surface area contributed by atoms with Crippen LogP contribution >= 0.6 is 0 Å². The summed E-state index contributed by atoms with van der Waals surface area (Å²) in [4.78, 5) is 26.7. The van der Waals surface area contributed by atoms with Crippen LogP contribution in [0.1, 0.15) is 36.5 Å². The quantitative estimate of drug-likeness (QED) is 0.795. The van der Waals surface area contributed by atoms with Crippen molar-refractivity contribution in [2.24, 2.45) is 5.92 Å². The Bertz CT molecular complexity index is 732. The Morgan fingerprint density at radius 1 is 1.33 bits per heavy atom. The molecule has 27 heavy (non-hydrogen) atoms. The second kappa shape index (κ2) is 7.20. The van der Waals surface area contributed by atoms with Gasteiger partial charge in [-0.15, -0.1) is 0 Å². The summed E-state index contributed by atoms with van der Waals surface area (Å²) in [6.07, 6.45) is -0.0532. The van der Waals surface area contributed by atoms with E-state index in [0.29, 0.717) is 45.5 Å². The third-order valence-electron chi connectivity index (χ3n) is 5.83. The van der Waals surface area contributed by atoms with Gasteiger partial charge < -0.3 is 19.7 Å². The summed E-state index contributed by atoms with van der Waals surface area (Å²) in [7, 11) is 1.59. The smallest absolute Gasteiger partial charge is 0.253 e. The molecule has 3 atom stereocenters. The van der Waals surface area contributed by atoms with Crippen molar-refractivity contribution in [1.29, 1.82) is 0 Å². The van der Waals surface area contributed by atoms with Gasteiger partial charge in [-0.1, -0.05) is 24.3 Å². The predicted molar refractivity (Wildman–Crippen MR) is 95.6 cm³/mol. The summed E-state index contributed by atoms with van der Waals surface area (Å²) in [5.74, 6) is -0.708. The number of fused-ring (bicyclic) bond motifs is 2. The highest BCUT2D eigenvalue weighted by Gasteiger charge is 2.51. The maximum Gasteiger partial charge on any atom is 0.253 e. The van der Waals surface area contributed by atoms with E-state index in [1.165, 1.54) is 0 Å². The number of carbonyl (C=O) groups excluding carboxylic acids is 2. The number of hydrogen-bond acceptors (Lipinski definition) is 4. The van der Waals surface area contributed by atoms with Crippen LogP contribution in [-0.4, -0.2) is 56.2 Å². The van der Waals surface area contributed by atoms with Crippen molar-refractivity contribution >= 4 is 11.8 Å². The van der Waals surface area contributed by atoms with Gasteiger partial charge in [0.2, 0.25) is 5.91 Å². The van der Waals surface area contributed by atoms with Crippen LogP contribution in [0.5, 0.6) is 0 Å². The normalized spacial score (nSPS) is 28.1. The molecule has 1 saturated heterocycles. The van der Waals surface area contributed by atoms with E-state index in [-0.39, 0.29) is 11.8 Å². The molecule has 4 rings (SSSR count). The molecule has 1 N–H and O–H groups in total. The Kier molecular flexibility index (Phi) is 4.90. The van der Waals surface area contributed by atoms with Gasteiger partial charge in [0.1, 0.15) is 6.17 Å². The number of halogens is 1. The van der Waals surface area contributed by atoms with Gasteiger partial charge in [-0.3, -0.25) is 9.59 Å². The van der Waals surface area contributed by atoms with Gasteiger partial charge in [0.25, 0.3) is 5.91 Å². The topological polar surface area (TPSA) is 67.9 Å². The number of nitrogens with one attached hydrogen (secondary N) is 1. The fraction of sp³-hybridized carbons (Fsp3) is 0.600. The molecule has 146 valence electrons. The lowest BCUT2D eigenvalue weighted by atomic mass is 9.83. The van der Waals surface area contributed by atoms with E-state index in [1.807, 2.05) is 24.3 Å². The fourth-order valence-corrected chi connectivity index (χ4v) is 4.19. The number of methoxy groups -OCH3 is 1. The van der Waals surface area contributed by atoms with Crippen molar-refractivity contribution in [3.8, 4) is 0 Å². The van der Waals surface area contributed by atoms with Crippen molar-refractivity contribution in [1.82, 2.24) is 10.2 Å². The molecule has 0 bridgehead atoms. The Morgan fingerprint density at radius 2 is 2.04 bits per heavy atom. The highest BCUT2D eigenvalue weighted by Crippen LogP contribution is 2.49. The number of carbonyl (C=O) groups is 2. The highest BCUT2D eigenvalue weighted by atomic mass is 19.1. The number of nitrogens with zero attached hydrogens (tertiary/aromatic N) is 1. The van der Waals surface area contributed by atoms with Crippen LogP contribution in [0, 0.1) is 5.92 Å². The second-order valence-electron chi connectivity index (χ2n) is 7.55. The standard InChI is InChI=1S/C20H25FN2O4/c1-26-11-8-22-18(24)17-13-4-2-3-5-15(13)20(27-17)6-9-23(10-7-20)19(25)14-12-16(14)21/h2-5,14,16-17H,6-12H2,1H3,(H,22,24)/t14-,16-,17?/m1/s1. The van der Waals surface area contributed by atoms with E-state index in [9.17, 15) is 14.0 Å². The molecule has 7 heteroatoms. The molecule has 2 fully saturated rings. The molecule has 1 spiro atoms. The van der Waals surface area contributed by atoms with E-state index in [1.54, 1.807) is 12.0 Å². The molecular weight excluding hydrogens is 351 g/mol. The van der Waals surface area contributed by atoms with Gasteiger partial charge in [0.15, 0.2) is 6.10 Å². The predicted octanol–water partition coefficient (Wildman–Crippen LogP) is 1.70. The van der Waals surface area contributed by atoms with Gasteiger partial charge in [-0.05, 0) is 30.4 Å². The molecule has 0 radical (unpaired) electrons. The lowest BCUT2D eigenvalue weighted by Gasteiger charge is -2.39. The van der Waals surface area contributed by atoms with Crippen molar-refractivity contribution in [2.75, 3.05) is 33.4 Å². The molecule has 1 saturated carbocycles. The van der Waals surface area contributed by atoms with Crippen LogP contribution in [0.2, 0.25) is 0 Å². The summed E-state index contributed by atoms with van der Waals surface area (Å²) >= 11 is 0. The molecule has 0 aromatic heterocycles. The zero-order valence-corrected chi connectivity index (χ0v) is 15.4. The van der Waals surface area contributed by atoms with Gasteiger partial charge in [0, 0.05) is 26.7 Å². The number of piperidine rings is 1. The van der Waals surface area contributed by atoms with Gasteiger partial charge in [0.05, 0.1) is 18.1 Å². The summed E-state index contributed by atoms with van der Waals surface area (Å²) in [6.45, 7) is 1.92. The third-order valence-corrected chi connectivity index (χ3v) is 5.83. The van der Waals surface area contributed by atoms with Gasteiger partial charge >= 0.3 is 0 Å². The van der Waals surface area contributed by atoms with Crippen LogP contribution < -0.4 is 5.32 Å². The average molecular weight is 376 g/mol. The summed E-state index contributed by atoms with van der Waals surface area (Å²) in [6, 6.07) is 7.79. The number of ether oxygens (including phenoxy) is 2.